The third kappa shape index (κ3) is 4.13. The molecule has 0 aromatic carbocycles. The monoisotopic (exact) mass is 388 g/mol. The molecular weight excluding hydrogens is 352 g/mol. The molecule has 6 heteroatoms. The van der Waals surface area contributed by atoms with Crippen LogP contribution in [0.15, 0.2) is 0 Å². The second kappa shape index (κ2) is 8.54. The van der Waals surface area contributed by atoms with Crippen molar-refractivity contribution in [1.29, 1.82) is 0 Å². The standard InChI is InChI=1S/C22H36N4O2/c1-24(2)22(28)21-19-14-17(25-12-10-18(27)11-13-25)8-9-20(19)26(23-21)15-16-6-4-3-5-7-16/h16-18,27H,3-15H2,1-2H3. The van der Waals surface area contributed by atoms with Crippen molar-refractivity contribution in [3.05, 3.63) is 17.0 Å². The third-order valence-corrected chi connectivity index (χ3v) is 7.10. The summed E-state index contributed by atoms with van der Waals surface area (Å²) in [5.41, 5.74) is 3.18. The second-order valence-electron chi connectivity index (χ2n) is 9.32. The van der Waals surface area contributed by atoms with Crippen molar-refractivity contribution >= 4 is 5.91 Å². The Bertz CT molecular complexity index is 685. The number of carbonyl (C=O) groups excluding carboxylic acids is 1. The molecule has 28 heavy (non-hydrogen) atoms. The molecule has 4 rings (SSSR count). The summed E-state index contributed by atoms with van der Waals surface area (Å²) in [6.07, 6.45) is 11.3. The number of carbonyl (C=O) groups is 1. The van der Waals surface area contributed by atoms with Gasteiger partial charge in [0.15, 0.2) is 5.69 Å². The van der Waals surface area contributed by atoms with Gasteiger partial charge in [-0.3, -0.25) is 14.4 Å². The third-order valence-electron chi connectivity index (χ3n) is 7.10. The van der Waals surface area contributed by atoms with E-state index in [2.05, 4.69) is 9.58 Å². The molecule has 1 unspecified atom stereocenters. The molecule has 1 aromatic rings. The van der Waals surface area contributed by atoms with Gasteiger partial charge < -0.3 is 10.0 Å². The predicted octanol–water partition coefficient (Wildman–Crippen LogP) is 2.48. The average molecular weight is 389 g/mol. The summed E-state index contributed by atoms with van der Waals surface area (Å²) in [6, 6.07) is 0.473. The highest BCUT2D eigenvalue weighted by atomic mass is 16.3. The summed E-state index contributed by atoms with van der Waals surface area (Å²) < 4.78 is 2.19. The summed E-state index contributed by atoms with van der Waals surface area (Å²) in [5.74, 6) is 0.745. The largest absolute Gasteiger partial charge is 0.393 e. The molecule has 0 radical (unpaired) electrons. The second-order valence-corrected chi connectivity index (χ2v) is 9.32. The summed E-state index contributed by atoms with van der Waals surface area (Å²) in [7, 11) is 3.64. The molecule has 1 aliphatic heterocycles. The fraction of sp³-hybridized carbons (Fsp3) is 0.818. The minimum atomic E-state index is -0.139. The molecule has 1 N–H and O–H groups in total. The number of piperidine rings is 1. The van der Waals surface area contributed by atoms with Gasteiger partial charge >= 0.3 is 0 Å². The molecule has 1 aromatic heterocycles. The minimum absolute atomic E-state index is 0.0355. The van der Waals surface area contributed by atoms with Crippen molar-refractivity contribution in [1.82, 2.24) is 19.6 Å². The van der Waals surface area contributed by atoms with Crippen molar-refractivity contribution < 1.29 is 9.90 Å². The Morgan fingerprint density at radius 3 is 2.50 bits per heavy atom. The molecule has 0 bridgehead atoms. The SMILES string of the molecule is CN(C)C(=O)c1nn(CC2CCCCC2)c2c1CC(N1CCC(O)CC1)CC2. The smallest absolute Gasteiger partial charge is 0.274 e. The number of amides is 1. The highest BCUT2D eigenvalue weighted by molar-refractivity contribution is 5.93. The molecule has 1 atom stereocenters. The summed E-state index contributed by atoms with van der Waals surface area (Å²) in [4.78, 5) is 17.0. The van der Waals surface area contributed by atoms with Crippen LogP contribution in [0.3, 0.4) is 0 Å². The number of hydrogen-bond donors (Lipinski definition) is 1. The van der Waals surface area contributed by atoms with Crippen molar-refractivity contribution in [2.75, 3.05) is 27.2 Å². The number of nitrogens with zero attached hydrogens (tertiary/aromatic N) is 4. The van der Waals surface area contributed by atoms with Gasteiger partial charge in [0.1, 0.15) is 0 Å². The summed E-state index contributed by atoms with van der Waals surface area (Å²) >= 11 is 0. The first-order chi connectivity index (χ1) is 13.5. The number of hydrogen-bond acceptors (Lipinski definition) is 4. The lowest BCUT2D eigenvalue weighted by Crippen LogP contribution is -2.45. The quantitative estimate of drug-likeness (QED) is 0.861. The Morgan fingerprint density at radius 1 is 1.11 bits per heavy atom. The molecule has 2 aliphatic carbocycles. The van der Waals surface area contributed by atoms with E-state index in [1.54, 1.807) is 4.90 Å². The molecule has 0 spiro atoms. The molecule has 2 heterocycles. The van der Waals surface area contributed by atoms with Crippen molar-refractivity contribution in [3.8, 4) is 0 Å². The molecule has 1 saturated heterocycles. The molecule has 3 aliphatic rings. The zero-order valence-corrected chi connectivity index (χ0v) is 17.6. The number of rotatable bonds is 4. The summed E-state index contributed by atoms with van der Waals surface area (Å²) in [5, 5.41) is 14.7. The Balaban J connectivity index is 1.56. The maximum Gasteiger partial charge on any atom is 0.274 e. The molecule has 156 valence electrons. The predicted molar refractivity (Wildman–Crippen MR) is 109 cm³/mol. The first kappa shape index (κ1) is 19.9. The van der Waals surface area contributed by atoms with E-state index in [1.807, 2.05) is 14.1 Å². The minimum Gasteiger partial charge on any atom is -0.393 e. The van der Waals surface area contributed by atoms with Gasteiger partial charge in [0.2, 0.25) is 0 Å². The van der Waals surface area contributed by atoms with Gasteiger partial charge in [-0.1, -0.05) is 19.3 Å². The van der Waals surface area contributed by atoms with Crippen LogP contribution in [0.1, 0.15) is 73.1 Å². The van der Waals surface area contributed by atoms with Crippen LogP contribution in [-0.2, 0) is 19.4 Å². The van der Waals surface area contributed by atoms with E-state index in [4.69, 9.17) is 5.10 Å². The van der Waals surface area contributed by atoms with E-state index in [0.717, 1.165) is 51.7 Å². The van der Waals surface area contributed by atoms with Crippen LogP contribution in [0.4, 0.5) is 0 Å². The molecular formula is C22H36N4O2. The van der Waals surface area contributed by atoms with Crippen molar-refractivity contribution in [2.45, 2.75) is 82.9 Å². The number of fused-ring (bicyclic) bond motifs is 1. The van der Waals surface area contributed by atoms with E-state index in [-0.39, 0.29) is 12.0 Å². The lowest BCUT2D eigenvalue weighted by molar-refractivity contribution is 0.0567. The van der Waals surface area contributed by atoms with E-state index in [9.17, 15) is 9.90 Å². The van der Waals surface area contributed by atoms with Crippen LogP contribution in [-0.4, -0.2) is 69.9 Å². The highest BCUT2D eigenvalue weighted by Crippen LogP contribution is 2.32. The average Bonchev–Trinajstić information content (AvgIpc) is 3.06. The van der Waals surface area contributed by atoms with Gasteiger partial charge in [0.05, 0.1) is 6.10 Å². The molecule has 1 saturated carbocycles. The van der Waals surface area contributed by atoms with Crippen molar-refractivity contribution in [2.24, 2.45) is 5.92 Å². The normalized spacial score (nSPS) is 24.9. The van der Waals surface area contributed by atoms with Crippen LogP contribution >= 0.6 is 0 Å². The van der Waals surface area contributed by atoms with Crippen LogP contribution in [0, 0.1) is 5.92 Å². The fourth-order valence-electron chi connectivity index (χ4n) is 5.38. The summed E-state index contributed by atoms with van der Waals surface area (Å²) in [6.45, 7) is 2.91. The maximum absolute atomic E-state index is 12.9. The van der Waals surface area contributed by atoms with Gasteiger partial charge in [0, 0.05) is 51.0 Å². The van der Waals surface area contributed by atoms with E-state index < -0.39 is 0 Å². The molecule has 1 amide bonds. The Kier molecular flexibility index (Phi) is 6.07. The van der Waals surface area contributed by atoms with Crippen LogP contribution < -0.4 is 0 Å². The Labute approximate surface area is 168 Å². The van der Waals surface area contributed by atoms with Crippen molar-refractivity contribution in [3.63, 3.8) is 0 Å². The van der Waals surface area contributed by atoms with Gasteiger partial charge in [-0.05, 0) is 50.9 Å². The number of aliphatic hydroxyl groups excluding tert-OH is 1. The topological polar surface area (TPSA) is 61.6 Å². The number of aliphatic hydroxyl groups is 1. The van der Waals surface area contributed by atoms with Gasteiger partial charge in [-0.15, -0.1) is 0 Å². The first-order valence-corrected chi connectivity index (χ1v) is 11.2. The van der Waals surface area contributed by atoms with E-state index in [0.29, 0.717) is 17.7 Å². The van der Waals surface area contributed by atoms with Gasteiger partial charge in [-0.2, -0.15) is 5.10 Å². The van der Waals surface area contributed by atoms with Crippen LogP contribution in [0.5, 0.6) is 0 Å². The molecule has 6 nitrogen and oxygen atoms in total. The Hall–Kier alpha value is -1.40. The maximum atomic E-state index is 12.9. The number of aromatic nitrogens is 2. The zero-order valence-electron chi connectivity index (χ0n) is 17.6. The Morgan fingerprint density at radius 2 is 1.82 bits per heavy atom. The highest BCUT2D eigenvalue weighted by Gasteiger charge is 2.34. The molecule has 2 fully saturated rings. The lowest BCUT2D eigenvalue weighted by atomic mass is 9.87. The van der Waals surface area contributed by atoms with Gasteiger partial charge in [-0.25, -0.2) is 0 Å². The number of likely N-dealkylation sites (tertiary alicyclic amines) is 1. The van der Waals surface area contributed by atoms with Crippen LogP contribution in [0.25, 0.3) is 0 Å². The van der Waals surface area contributed by atoms with E-state index in [1.165, 1.54) is 43.4 Å². The zero-order chi connectivity index (χ0) is 19.7. The fourth-order valence-corrected chi connectivity index (χ4v) is 5.38. The van der Waals surface area contributed by atoms with Gasteiger partial charge in [0.25, 0.3) is 5.91 Å². The lowest BCUT2D eigenvalue weighted by Gasteiger charge is -2.38. The first-order valence-electron chi connectivity index (χ1n) is 11.2. The van der Waals surface area contributed by atoms with Crippen LogP contribution in [0.2, 0.25) is 0 Å². The van der Waals surface area contributed by atoms with E-state index >= 15 is 0 Å².